The van der Waals surface area contributed by atoms with Crippen LogP contribution in [0.25, 0.3) is 30.6 Å². The van der Waals surface area contributed by atoms with Gasteiger partial charge in [0.1, 0.15) is 12.1 Å². The molecule has 3 aromatic rings. The molecule has 2 heterocycles. The van der Waals surface area contributed by atoms with Gasteiger partial charge in [-0.05, 0) is 60.1 Å². The van der Waals surface area contributed by atoms with Crippen LogP contribution in [0.2, 0.25) is 0 Å². The van der Waals surface area contributed by atoms with E-state index in [4.69, 9.17) is 23.1 Å². The number of aliphatic imine (C=N–C) groups is 2. The first-order valence-corrected chi connectivity index (χ1v) is 15.1. The Morgan fingerprint density at radius 3 is 1.48 bits per heavy atom. The highest BCUT2D eigenvalue weighted by Crippen LogP contribution is 2.64. The summed E-state index contributed by atoms with van der Waals surface area (Å²) in [5, 5.41) is 19.5. The van der Waals surface area contributed by atoms with Crippen molar-refractivity contribution >= 4 is 44.6 Å². The molecule has 4 aliphatic carbocycles. The summed E-state index contributed by atoms with van der Waals surface area (Å²) >= 11 is 2.98. The van der Waals surface area contributed by atoms with Crippen molar-refractivity contribution in [2.45, 2.75) is 75.0 Å². The minimum atomic E-state index is -0.195. The number of aromatic nitrogens is 2. The van der Waals surface area contributed by atoms with Gasteiger partial charge >= 0.3 is 21.9 Å². The molecule has 4 aliphatic rings. The maximum Gasteiger partial charge on any atom is 0.352 e. The minimum Gasteiger partial charge on any atom is -0.351 e. The molecule has 10 heteroatoms. The topological polar surface area (TPSA) is 107 Å². The second kappa shape index (κ2) is 9.17. The molecule has 8 nitrogen and oxygen atoms in total. The summed E-state index contributed by atoms with van der Waals surface area (Å²) in [5.74, 6) is -0.376. The number of hydrogen-bond donors (Lipinski definition) is 0. The van der Waals surface area contributed by atoms with Gasteiger partial charge in [0.05, 0.1) is 21.1 Å². The van der Waals surface area contributed by atoms with Crippen LogP contribution in [0.3, 0.4) is 0 Å². The third-order valence-corrected chi connectivity index (χ3v) is 11.0. The zero-order chi connectivity index (χ0) is 27.5. The summed E-state index contributed by atoms with van der Waals surface area (Å²) in [6, 6.07) is 8.52. The Balaban J connectivity index is 1.46. The summed E-state index contributed by atoms with van der Waals surface area (Å²) in [5.41, 5.74) is 6.79. The van der Waals surface area contributed by atoms with Crippen LogP contribution in [0.1, 0.15) is 86.7 Å². The SMILES string of the molecule is [C-]#[N+]/C(C#N)=N\c1nc2c(s1)-c1cc3c(cc1C21CCCCC1)-c1sc(/N=C(\C#N)[N+]#[C-])nc1C31CCCCC1. The number of benzene rings is 1. The highest BCUT2D eigenvalue weighted by Gasteiger charge is 2.52. The van der Waals surface area contributed by atoms with E-state index in [1.54, 1.807) is 0 Å². The Bertz CT molecular complexity index is 1650. The number of amidine groups is 2. The average Bonchev–Trinajstić information content (AvgIpc) is 3.72. The minimum absolute atomic E-state index is 0.188. The molecule has 0 amide bonds. The van der Waals surface area contributed by atoms with Gasteiger partial charge in [0.15, 0.2) is 0 Å². The first kappa shape index (κ1) is 24.8. The quantitative estimate of drug-likeness (QED) is 0.180. The van der Waals surface area contributed by atoms with E-state index in [9.17, 15) is 10.5 Å². The summed E-state index contributed by atoms with van der Waals surface area (Å²) in [4.78, 5) is 27.2. The lowest BCUT2D eigenvalue weighted by molar-refractivity contribution is 0.343. The third-order valence-electron chi connectivity index (χ3n) is 9.05. The van der Waals surface area contributed by atoms with E-state index >= 15 is 0 Å². The van der Waals surface area contributed by atoms with Gasteiger partial charge in [-0.3, -0.25) is 0 Å². The van der Waals surface area contributed by atoms with Crippen LogP contribution in [-0.4, -0.2) is 21.6 Å². The van der Waals surface area contributed by atoms with Crippen molar-refractivity contribution in [1.29, 1.82) is 10.5 Å². The fourth-order valence-corrected chi connectivity index (χ4v) is 9.54. The lowest BCUT2D eigenvalue weighted by Gasteiger charge is -2.36. The van der Waals surface area contributed by atoms with E-state index in [0.717, 1.165) is 72.5 Å². The maximum atomic E-state index is 9.28. The molecule has 194 valence electrons. The van der Waals surface area contributed by atoms with Crippen LogP contribution in [0.5, 0.6) is 0 Å². The smallest absolute Gasteiger partial charge is 0.351 e. The molecule has 0 saturated heterocycles. The number of fused-ring (bicyclic) bond motifs is 10. The Hall–Kier alpha value is -4.22. The Morgan fingerprint density at radius 2 is 1.12 bits per heavy atom. The molecular formula is C30H22N8S2. The molecule has 7 rings (SSSR count). The van der Waals surface area contributed by atoms with Crippen molar-refractivity contribution in [1.82, 2.24) is 9.97 Å². The second-order valence-corrected chi connectivity index (χ2v) is 12.9. The van der Waals surface area contributed by atoms with Gasteiger partial charge < -0.3 is 9.69 Å². The molecule has 0 N–H and O–H groups in total. The standard InChI is InChI=1S/C30H22N8S2/c1-33-21(15-31)35-27-37-25-23(39-27)17-13-20-18(14-19(17)29(25)9-5-3-6-10-29)24-26(30(20)11-7-4-8-12-30)38-28(40-24)36-22(16-32)34-2/h13-14H,3-12H2/b35-21-,36-22+. The van der Waals surface area contributed by atoms with Gasteiger partial charge in [-0.15, -0.1) is 0 Å². The first-order chi connectivity index (χ1) is 19.6. The monoisotopic (exact) mass is 558 g/mol. The van der Waals surface area contributed by atoms with E-state index in [1.807, 2.05) is 12.1 Å². The van der Waals surface area contributed by atoms with Crippen molar-refractivity contribution in [3.63, 3.8) is 0 Å². The predicted octanol–water partition coefficient (Wildman–Crippen LogP) is 8.01. The Morgan fingerprint density at radius 1 is 0.725 bits per heavy atom. The third kappa shape index (κ3) is 3.37. The van der Waals surface area contributed by atoms with Gasteiger partial charge in [0.25, 0.3) is 0 Å². The molecule has 0 radical (unpaired) electrons. The van der Waals surface area contributed by atoms with Crippen LogP contribution >= 0.6 is 22.7 Å². The average molecular weight is 559 g/mol. The largest absolute Gasteiger partial charge is 0.352 e. The van der Waals surface area contributed by atoms with E-state index in [-0.39, 0.29) is 22.5 Å². The Kier molecular flexibility index (Phi) is 5.69. The molecule has 2 spiro atoms. The van der Waals surface area contributed by atoms with Gasteiger partial charge in [-0.1, -0.05) is 84.3 Å². The molecule has 1 aromatic carbocycles. The fraction of sp³-hybridized carbons (Fsp3) is 0.400. The van der Waals surface area contributed by atoms with Crippen LogP contribution in [-0.2, 0) is 10.8 Å². The fourth-order valence-electron chi connectivity index (χ4n) is 7.40. The van der Waals surface area contributed by atoms with Gasteiger partial charge in [-0.2, -0.15) is 0 Å². The van der Waals surface area contributed by atoms with E-state index < -0.39 is 0 Å². The van der Waals surface area contributed by atoms with E-state index in [1.165, 1.54) is 57.8 Å². The van der Waals surface area contributed by atoms with Crippen molar-refractivity contribution in [3.05, 3.63) is 57.5 Å². The summed E-state index contributed by atoms with van der Waals surface area (Å²) in [7, 11) is 0. The van der Waals surface area contributed by atoms with E-state index in [0.29, 0.717) is 10.3 Å². The normalized spacial score (nSPS) is 19.6. The molecule has 0 bridgehead atoms. The van der Waals surface area contributed by atoms with Crippen molar-refractivity contribution < 1.29 is 0 Å². The highest BCUT2D eigenvalue weighted by atomic mass is 32.1. The molecule has 40 heavy (non-hydrogen) atoms. The molecule has 0 unspecified atom stereocenters. The van der Waals surface area contributed by atoms with Gasteiger partial charge in [0.2, 0.25) is 0 Å². The predicted molar refractivity (Wildman–Crippen MR) is 155 cm³/mol. The Labute approximate surface area is 240 Å². The lowest BCUT2D eigenvalue weighted by Crippen LogP contribution is -2.30. The molecule has 2 fully saturated rings. The maximum absolute atomic E-state index is 9.28. The number of rotatable bonds is 2. The second-order valence-electron chi connectivity index (χ2n) is 10.9. The van der Waals surface area contributed by atoms with Crippen molar-refractivity contribution in [2.75, 3.05) is 0 Å². The van der Waals surface area contributed by atoms with Gasteiger partial charge in [-0.25, -0.2) is 20.5 Å². The van der Waals surface area contributed by atoms with Crippen LogP contribution < -0.4 is 0 Å². The number of hydrogen-bond acceptors (Lipinski definition) is 8. The van der Waals surface area contributed by atoms with Crippen LogP contribution in [0.4, 0.5) is 10.3 Å². The molecule has 0 atom stereocenters. The summed E-state index contributed by atoms with van der Waals surface area (Å²) in [6.45, 7) is 14.5. The highest BCUT2D eigenvalue weighted by molar-refractivity contribution is 7.19. The number of nitrogens with zero attached hydrogens (tertiary/aromatic N) is 8. The first-order valence-electron chi connectivity index (χ1n) is 13.5. The lowest BCUT2D eigenvalue weighted by atomic mass is 9.67. The van der Waals surface area contributed by atoms with Crippen molar-refractivity contribution in [2.24, 2.45) is 9.98 Å². The van der Waals surface area contributed by atoms with Gasteiger partial charge in [0, 0.05) is 10.8 Å². The molecule has 0 aliphatic heterocycles. The number of thiazole rings is 2. The zero-order valence-electron chi connectivity index (χ0n) is 21.6. The van der Waals surface area contributed by atoms with Crippen molar-refractivity contribution in [3.8, 4) is 33.0 Å². The summed E-state index contributed by atoms with van der Waals surface area (Å²) < 4.78 is 0. The molecular weight excluding hydrogens is 537 g/mol. The van der Waals surface area contributed by atoms with E-state index in [2.05, 4.69) is 31.8 Å². The molecule has 2 aromatic heterocycles. The zero-order valence-corrected chi connectivity index (χ0v) is 23.3. The van der Waals surface area contributed by atoms with Crippen LogP contribution in [0, 0.1) is 35.8 Å². The summed E-state index contributed by atoms with van der Waals surface area (Å²) in [6.07, 6.45) is 11.0. The number of nitriles is 2. The molecule has 2 saturated carbocycles. The van der Waals surface area contributed by atoms with Crippen LogP contribution in [0.15, 0.2) is 22.1 Å².